The molecule has 5 heteroatoms. The average Bonchev–Trinajstić information content (AvgIpc) is 2.45. The van der Waals surface area contributed by atoms with Crippen molar-refractivity contribution in [1.82, 2.24) is 15.0 Å². The minimum absolute atomic E-state index is 0.367. The van der Waals surface area contributed by atoms with Crippen LogP contribution in [-0.4, -0.2) is 20.0 Å². The molecule has 1 aliphatic carbocycles. The highest BCUT2D eigenvalue weighted by Gasteiger charge is 2.27. The minimum atomic E-state index is 0.367. The highest BCUT2D eigenvalue weighted by molar-refractivity contribution is 7.80. The first-order valence-corrected chi connectivity index (χ1v) is 5.38. The summed E-state index contributed by atoms with van der Waals surface area (Å²) in [6, 6.07) is 0. The lowest BCUT2D eigenvalue weighted by molar-refractivity contribution is 0.389. The molecule has 0 aliphatic heterocycles. The summed E-state index contributed by atoms with van der Waals surface area (Å²) in [7, 11) is 0. The molecule has 0 spiro atoms. The zero-order chi connectivity index (χ0) is 10.1. The molecule has 1 aromatic rings. The van der Waals surface area contributed by atoms with Crippen LogP contribution in [0.3, 0.4) is 0 Å². The Hall–Kier alpha value is -0.970. The van der Waals surface area contributed by atoms with Gasteiger partial charge in [0.2, 0.25) is 0 Å². The van der Waals surface area contributed by atoms with E-state index in [1.807, 2.05) is 4.68 Å². The van der Waals surface area contributed by atoms with Gasteiger partial charge in [-0.15, -0.1) is 5.10 Å². The SMILES string of the molecule is CCn1nnc(C(N)=S)c1C1CCC1. The summed E-state index contributed by atoms with van der Waals surface area (Å²) >= 11 is 4.96. The Morgan fingerprint density at radius 1 is 1.64 bits per heavy atom. The molecule has 76 valence electrons. The van der Waals surface area contributed by atoms with Crippen LogP contribution < -0.4 is 5.73 Å². The molecule has 1 saturated carbocycles. The van der Waals surface area contributed by atoms with Crippen molar-refractivity contribution in [2.24, 2.45) is 5.73 Å². The molecule has 0 bridgehead atoms. The second-order valence-corrected chi connectivity index (χ2v) is 4.07. The van der Waals surface area contributed by atoms with E-state index in [1.54, 1.807) is 0 Å². The molecule has 0 unspecified atom stereocenters. The molecule has 0 atom stereocenters. The first-order chi connectivity index (χ1) is 6.74. The lowest BCUT2D eigenvalue weighted by Crippen LogP contribution is -2.20. The van der Waals surface area contributed by atoms with E-state index in [4.69, 9.17) is 18.0 Å². The molecule has 4 nitrogen and oxygen atoms in total. The molecule has 0 aromatic carbocycles. The van der Waals surface area contributed by atoms with Gasteiger partial charge in [0.25, 0.3) is 0 Å². The zero-order valence-electron chi connectivity index (χ0n) is 8.23. The summed E-state index contributed by atoms with van der Waals surface area (Å²) in [4.78, 5) is 0.367. The number of rotatable bonds is 3. The molecule has 0 amide bonds. The number of hydrogen-bond donors (Lipinski definition) is 1. The van der Waals surface area contributed by atoms with E-state index in [1.165, 1.54) is 19.3 Å². The summed E-state index contributed by atoms with van der Waals surface area (Å²) in [5.41, 5.74) is 7.49. The van der Waals surface area contributed by atoms with Crippen LogP contribution in [0.1, 0.15) is 43.5 Å². The van der Waals surface area contributed by atoms with Gasteiger partial charge in [0.1, 0.15) is 10.7 Å². The molecular formula is C9H14N4S. The summed E-state index contributed by atoms with van der Waals surface area (Å²) in [6.07, 6.45) is 3.71. The third-order valence-corrected chi connectivity index (χ3v) is 2.99. The maximum absolute atomic E-state index is 5.61. The Bertz CT molecular complexity index is 354. The quantitative estimate of drug-likeness (QED) is 0.762. The maximum atomic E-state index is 5.61. The number of nitrogens with zero attached hydrogens (tertiary/aromatic N) is 3. The van der Waals surface area contributed by atoms with Crippen LogP contribution in [0.15, 0.2) is 0 Å². The number of aryl methyl sites for hydroxylation is 1. The van der Waals surface area contributed by atoms with Crippen molar-refractivity contribution in [2.45, 2.75) is 38.6 Å². The second-order valence-electron chi connectivity index (χ2n) is 3.63. The molecule has 14 heavy (non-hydrogen) atoms. The monoisotopic (exact) mass is 210 g/mol. The van der Waals surface area contributed by atoms with Crippen LogP contribution in [0, 0.1) is 0 Å². The highest BCUT2D eigenvalue weighted by Crippen LogP contribution is 2.37. The van der Waals surface area contributed by atoms with Gasteiger partial charge in [-0.25, -0.2) is 4.68 Å². The summed E-state index contributed by atoms with van der Waals surface area (Å²) < 4.78 is 1.92. The van der Waals surface area contributed by atoms with Gasteiger partial charge in [0, 0.05) is 12.5 Å². The maximum Gasteiger partial charge on any atom is 0.143 e. The lowest BCUT2D eigenvalue weighted by atomic mass is 9.82. The molecule has 0 saturated heterocycles. The molecule has 1 aliphatic rings. The second kappa shape index (κ2) is 3.65. The fraction of sp³-hybridized carbons (Fsp3) is 0.667. The predicted octanol–water partition coefficient (Wildman–Crippen LogP) is 1.20. The third kappa shape index (κ3) is 1.41. The fourth-order valence-electron chi connectivity index (χ4n) is 1.82. The summed E-state index contributed by atoms with van der Waals surface area (Å²) in [5.74, 6) is 0.571. The Labute approximate surface area is 88.5 Å². The third-order valence-electron chi connectivity index (χ3n) is 2.80. The molecule has 1 heterocycles. The Balaban J connectivity index is 2.40. The Kier molecular flexibility index (Phi) is 2.50. The van der Waals surface area contributed by atoms with Gasteiger partial charge in [0.15, 0.2) is 0 Å². The molecule has 0 radical (unpaired) electrons. The van der Waals surface area contributed by atoms with E-state index in [0.717, 1.165) is 17.9 Å². The van der Waals surface area contributed by atoms with E-state index in [0.29, 0.717) is 10.9 Å². The number of aromatic nitrogens is 3. The van der Waals surface area contributed by atoms with Crippen molar-refractivity contribution in [3.05, 3.63) is 11.4 Å². The summed E-state index contributed by atoms with van der Waals surface area (Å²) in [5, 5.41) is 8.09. The van der Waals surface area contributed by atoms with E-state index in [2.05, 4.69) is 17.2 Å². The van der Waals surface area contributed by atoms with Crippen LogP contribution in [0.5, 0.6) is 0 Å². The number of hydrogen-bond acceptors (Lipinski definition) is 3. The first-order valence-electron chi connectivity index (χ1n) is 4.97. The highest BCUT2D eigenvalue weighted by atomic mass is 32.1. The van der Waals surface area contributed by atoms with Gasteiger partial charge in [0.05, 0.1) is 5.69 Å². The van der Waals surface area contributed by atoms with Crippen molar-refractivity contribution in [3.8, 4) is 0 Å². The lowest BCUT2D eigenvalue weighted by Gasteiger charge is -2.26. The molecule has 2 N–H and O–H groups in total. The molecule has 2 rings (SSSR count). The van der Waals surface area contributed by atoms with Crippen LogP contribution in [0.4, 0.5) is 0 Å². The van der Waals surface area contributed by atoms with Crippen molar-refractivity contribution < 1.29 is 0 Å². The fourth-order valence-corrected chi connectivity index (χ4v) is 1.96. The minimum Gasteiger partial charge on any atom is -0.388 e. The standard InChI is InChI=1S/C9H14N4S/c1-2-13-8(6-4-3-5-6)7(9(10)14)11-12-13/h6H,2-5H2,1H3,(H2,10,14). The van der Waals surface area contributed by atoms with Gasteiger partial charge in [-0.1, -0.05) is 23.9 Å². The van der Waals surface area contributed by atoms with Gasteiger partial charge in [-0.2, -0.15) is 0 Å². The van der Waals surface area contributed by atoms with E-state index in [9.17, 15) is 0 Å². The number of nitrogens with two attached hydrogens (primary N) is 1. The number of thiocarbonyl (C=S) groups is 1. The Morgan fingerprint density at radius 3 is 2.79 bits per heavy atom. The van der Waals surface area contributed by atoms with Crippen molar-refractivity contribution in [2.75, 3.05) is 0 Å². The largest absolute Gasteiger partial charge is 0.388 e. The molecular weight excluding hydrogens is 196 g/mol. The molecule has 1 fully saturated rings. The molecule has 1 aromatic heterocycles. The van der Waals surface area contributed by atoms with Gasteiger partial charge < -0.3 is 5.73 Å². The van der Waals surface area contributed by atoms with Crippen molar-refractivity contribution >= 4 is 17.2 Å². The van der Waals surface area contributed by atoms with Gasteiger partial charge >= 0.3 is 0 Å². The van der Waals surface area contributed by atoms with Gasteiger partial charge in [-0.05, 0) is 19.8 Å². The van der Waals surface area contributed by atoms with Crippen LogP contribution in [0.25, 0.3) is 0 Å². The van der Waals surface area contributed by atoms with Crippen molar-refractivity contribution in [3.63, 3.8) is 0 Å². The summed E-state index contributed by atoms with van der Waals surface area (Å²) in [6.45, 7) is 2.89. The Morgan fingerprint density at radius 2 is 2.36 bits per heavy atom. The van der Waals surface area contributed by atoms with E-state index < -0.39 is 0 Å². The van der Waals surface area contributed by atoms with Crippen LogP contribution in [-0.2, 0) is 6.54 Å². The first kappa shape index (κ1) is 9.58. The van der Waals surface area contributed by atoms with Crippen LogP contribution >= 0.6 is 12.2 Å². The van der Waals surface area contributed by atoms with E-state index >= 15 is 0 Å². The normalized spacial score (nSPS) is 16.6. The topological polar surface area (TPSA) is 56.7 Å². The zero-order valence-corrected chi connectivity index (χ0v) is 9.05. The average molecular weight is 210 g/mol. The van der Waals surface area contributed by atoms with Crippen LogP contribution in [0.2, 0.25) is 0 Å². The van der Waals surface area contributed by atoms with Gasteiger partial charge in [-0.3, -0.25) is 0 Å². The smallest absolute Gasteiger partial charge is 0.143 e. The van der Waals surface area contributed by atoms with E-state index in [-0.39, 0.29) is 0 Å². The van der Waals surface area contributed by atoms with Crippen molar-refractivity contribution in [1.29, 1.82) is 0 Å². The predicted molar refractivity (Wildman–Crippen MR) is 58.2 cm³/mol.